The van der Waals surface area contributed by atoms with Crippen molar-refractivity contribution >= 4 is 30.0 Å². The molecule has 0 aliphatic carbocycles. The second-order valence-electron chi connectivity index (χ2n) is 9.19. The van der Waals surface area contributed by atoms with Crippen LogP contribution in [0.25, 0.3) is 33.0 Å². The molecule has 184 valence electrons. The zero-order chi connectivity index (χ0) is 25.7. The third kappa shape index (κ3) is 5.23. The molecule has 0 radical (unpaired) electrons. The Morgan fingerprint density at radius 2 is 1.26 bits per heavy atom. The van der Waals surface area contributed by atoms with Crippen LogP contribution in [0, 0.1) is 5.82 Å². The number of hydrogen-bond donors (Lipinski definition) is 0. The van der Waals surface area contributed by atoms with Gasteiger partial charge in [-0.05, 0) is 61.8 Å². The SMILES string of the molecule is Fc1ccc(-c2ccc(Pc3ccccc3)cc2)c(-c2c(OCc3ccccc3)ccc3ccccc23)c1. The number of hydrogen-bond acceptors (Lipinski definition) is 1. The zero-order valence-electron chi connectivity index (χ0n) is 20.8. The first-order chi connectivity index (χ1) is 18.7. The molecule has 0 spiro atoms. The van der Waals surface area contributed by atoms with Crippen molar-refractivity contribution in [3.8, 4) is 28.0 Å². The maximum atomic E-state index is 14.8. The van der Waals surface area contributed by atoms with E-state index in [1.54, 1.807) is 6.07 Å². The first-order valence-electron chi connectivity index (χ1n) is 12.7. The molecule has 6 aromatic rings. The van der Waals surface area contributed by atoms with Crippen LogP contribution in [0.15, 0.2) is 140 Å². The molecule has 1 unspecified atom stereocenters. The van der Waals surface area contributed by atoms with E-state index in [-0.39, 0.29) is 5.82 Å². The van der Waals surface area contributed by atoms with Crippen molar-refractivity contribution in [3.63, 3.8) is 0 Å². The third-order valence-electron chi connectivity index (χ3n) is 6.64. The average molecular weight is 513 g/mol. The highest BCUT2D eigenvalue weighted by Crippen LogP contribution is 2.42. The third-order valence-corrected chi connectivity index (χ3v) is 7.88. The smallest absolute Gasteiger partial charge is 0.128 e. The van der Waals surface area contributed by atoms with E-state index in [9.17, 15) is 4.39 Å². The largest absolute Gasteiger partial charge is 0.488 e. The second kappa shape index (κ2) is 11.0. The summed E-state index contributed by atoms with van der Waals surface area (Å²) >= 11 is 0. The molecule has 0 amide bonds. The maximum Gasteiger partial charge on any atom is 0.128 e. The molecule has 1 nitrogen and oxygen atoms in total. The van der Waals surface area contributed by atoms with Crippen LogP contribution in [0.3, 0.4) is 0 Å². The molecule has 0 saturated carbocycles. The molecule has 6 rings (SSSR count). The Morgan fingerprint density at radius 3 is 2.05 bits per heavy atom. The molecule has 1 atom stereocenters. The van der Waals surface area contributed by atoms with E-state index in [1.807, 2.05) is 60.7 Å². The van der Waals surface area contributed by atoms with Gasteiger partial charge in [-0.25, -0.2) is 4.39 Å². The molecule has 0 aliphatic rings. The van der Waals surface area contributed by atoms with Crippen molar-refractivity contribution in [1.82, 2.24) is 0 Å². The van der Waals surface area contributed by atoms with Gasteiger partial charge in [0, 0.05) is 5.56 Å². The maximum absolute atomic E-state index is 14.8. The van der Waals surface area contributed by atoms with E-state index in [2.05, 4.69) is 66.7 Å². The van der Waals surface area contributed by atoms with Crippen LogP contribution >= 0.6 is 8.58 Å². The number of benzene rings is 6. The Balaban J connectivity index is 1.43. The Hall–Kier alpha value is -4.26. The van der Waals surface area contributed by atoms with Crippen molar-refractivity contribution in [3.05, 3.63) is 151 Å². The van der Waals surface area contributed by atoms with Crippen molar-refractivity contribution in [2.45, 2.75) is 6.61 Å². The number of rotatable bonds is 7. The Kier molecular flexibility index (Phi) is 6.98. The molecule has 0 bridgehead atoms. The number of halogens is 1. The molecule has 0 aliphatic heterocycles. The molecule has 6 aromatic carbocycles. The van der Waals surface area contributed by atoms with E-state index >= 15 is 0 Å². The Morgan fingerprint density at radius 1 is 0.579 bits per heavy atom. The lowest BCUT2D eigenvalue weighted by molar-refractivity contribution is 0.308. The van der Waals surface area contributed by atoms with E-state index in [0.717, 1.165) is 44.3 Å². The fourth-order valence-electron chi connectivity index (χ4n) is 4.78. The Bertz CT molecular complexity index is 1680. The molecule has 38 heavy (non-hydrogen) atoms. The van der Waals surface area contributed by atoms with E-state index in [1.165, 1.54) is 16.7 Å². The lowest BCUT2D eigenvalue weighted by Gasteiger charge is -2.18. The number of ether oxygens (including phenoxy) is 1. The molecule has 0 aromatic heterocycles. The van der Waals surface area contributed by atoms with Crippen LogP contribution in [0.1, 0.15) is 5.56 Å². The van der Waals surface area contributed by atoms with Crippen LogP contribution in [0.2, 0.25) is 0 Å². The monoisotopic (exact) mass is 512 g/mol. The topological polar surface area (TPSA) is 9.23 Å². The van der Waals surface area contributed by atoms with Gasteiger partial charge in [0.15, 0.2) is 0 Å². The molecule has 0 heterocycles. The lowest BCUT2D eigenvalue weighted by atomic mass is 9.90. The summed E-state index contributed by atoms with van der Waals surface area (Å²) in [6.45, 7) is 0.436. The van der Waals surface area contributed by atoms with E-state index in [4.69, 9.17) is 4.74 Å². The molecule has 0 fully saturated rings. The summed E-state index contributed by atoms with van der Waals surface area (Å²) in [5.41, 5.74) is 4.83. The summed E-state index contributed by atoms with van der Waals surface area (Å²) in [4.78, 5) is 0. The van der Waals surface area contributed by atoms with Gasteiger partial charge in [-0.3, -0.25) is 0 Å². The highest BCUT2D eigenvalue weighted by Gasteiger charge is 2.17. The van der Waals surface area contributed by atoms with Gasteiger partial charge in [0.25, 0.3) is 0 Å². The normalized spacial score (nSPS) is 11.3. The summed E-state index contributed by atoms with van der Waals surface area (Å²) in [5.74, 6) is 0.467. The minimum Gasteiger partial charge on any atom is -0.488 e. The molecule has 0 saturated heterocycles. The standard InChI is InChI=1S/C35H26FOP/c36-28-18-21-31(27-15-19-30(20-16-27)38-29-12-5-2-6-13-29)33(23-28)35-32-14-8-7-11-26(32)17-22-34(35)37-24-25-9-3-1-4-10-25/h1-23,38H,24H2. The molecular weight excluding hydrogens is 486 g/mol. The van der Waals surface area contributed by atoms with Crippen LogP contribution in [0.5, 0.6) is 5.75 Å². The quantitative estimate of drug-likeness (QED) is 0.195. The Labute approximate surface area is 224 Å². The van der Waals surface area contributed by atoms with E-state index < -0.39 is 0 Å². The van der Waals surface area contributed by atoms with Crippen LogP contribution < -0.4 is 15.3 Å². The minimum atomic E-state index is -0.270. The fourth-order valence-corrected chi connectivity index (χ4v) is 5.81. The van der Waals surface area contributed by atoms with Gasteiger partial charge in [-0.2, -0.15) is 0 Å². The van der Waals surface area contributed by atoms with Gasteiger partial charge in [-0.15, -0.1) is 0 Å². The fraction of sp³-hybridized carbons (Fsp3) is 0.0286. The molecule has 3 heteroatoms. The minimum absolute atomic E-state index is 0.270. The van der Waals surface area contributed by atoms with Crippen LogP contribution in [0.4, 0.5) is 4.39 Å². The van der Waals surface area contributed by atoms with E-state index in [0.29, 0.717) is 15.2 Å². The van der Waals surface area contributed by atoms with Crippen LogP contribution in [-0.4, -0.2) is 0 Å². The van der Waals surface area contributed by atoms with Gasteiger partial charge in [-0.1, -0.05) is 130 Å². The first kappa shape index (κ1) is 24.1. The second-order valence-corrected chi connectivity index (χ2v) is 10.6. The molecule has 0 N–H and O–H groups in total. The van der Waals surface area contributed by atoms with Gasteiger partial charge in [0.1, 0.15) is 18.2 Å². The van der Waals surface area contributed by atoms with Crippen molar-refractivity contribution in [1.29, 1.82) is 0 Å². The first-order valence-corrected chi connectivity index (χ1v) is 13.7. The van der Waals surface area contributed by atoms with Gasteiger partial charge >= 0.3 is 0 Å². The lowest BCUT2D eigenvalue weighted by Crippen LogP contribution is -2.02. The summed E-state index contributed by atoms with van der Waals surface area (Å²) in [7, 11) is 0.590. The van der Waals surface area contributed by atoms with Crippen molar-refractivity contribution < 1.29 is 9.13 Å². The summed E-state index contributed by atoms with van der Waals surface area (Å²) in [6.07, 6.45) is 0. The van der Waals surface area contributed by atoms with Crippen molar-refractivity contribution in [2.24, 2.45) is 0 Å². The molecular formula is C35H26FOP. The van der Waals surface area contributed by atoms with Gasteiger partial charge in [0.05, 0.1) is 0 Å². The predicted molar refractivity (Wildman–Crippen MR) is 160 cm³/mol. The summed E-state index contributed by atoms with van der Waals surface area (Å²) in [6, 6.07) is 46.5. The predicted octanol–water partition coefficient (Wildman–Crippen LogP) is 8.52. The average Bonchev–Trinajstić information content (AvgIpc) is 2.97. The van der Waals surface area contributed by atoms with Crippen LogP contribution in [-0.2, 0) is 6.61 Å². The highest BCUT2D eigenvalue weighted by molar-refractivity contribution is 7.55. The zero-order valence-corrected chi connectivity index (χ0v) is 21.8. The van der Waals surface area contributed by atoms with Crippen molar-refractivity contribution in [2.75, 3.05) is 0 Å². The highest BCUT2D eigenvalue weighted by atomic mass is 31.1. The van der Waals surface area contributed by atoms with Gasteiger partial charge in [0.2, 0.25) is 0 Å². The van der Waals surface area contributed by atoms with Gasteiger partial charge < -0.3 is 4.74 Å². The number of fused-ring (bicyclic) bond motifs is 1. The summed E-state index contributed by atoms with van der Waals surface area (Å²) in [5, 5.41) is 4.69. The summed E-state index contributed by atoms with van der Waals surface area (Å²) < 4.78 is 21.2.